The van der Waals surface area contributed by atoms with Crippen molar-refractivity contribution < 1.29 is 17.8 Å². The molecule has 0 unspecified atom stereocenters. The second kappa shape index (κ2) is 5.31. The molecule has 0 aromatic carbocycles. The van der Waals surface area contributed by atoms with Gasteiger partial charge in [0.1, 0.15) is 5.78 Å². The minimum Gasteiger partial charge on any atom is -0.322 e. The summed E-state index contributed by atoms with van der Waals surface area (Å²) in [7, 11) is -3.88. The van der Waals surface area contributed by atoms with Crippen LogP contribution in [0.1, 0.15) is 26.2 Å². The molecule has 13 heavy (non-hydrogen) atoms. The Morgan fingerprint density at radius 2 is 2.00 bits per heavy atom. The highest BCUT2D eigenvalue weighted by Gasteiger charge is 2.08. The molecule has 0 aliphatic rings. The van der Waals surface area contributed by atoms with Crippen molar-refractivity contribution in [3.05, 3.63) is 0 Å². The standard InChI is InChI=1S/C7H15NO4S/c1-6(8)7(9)4-2-3-5-13(10,11)12/h6H,2-5,8H2,1H3,(H,10,11,12)/t6-/m1/s1. The highest BCUT2D eigenvalue weighted by Crippen LogP contribution is 2.00. The fraction of sp³-hybridized carbons (Fsp3) is 0.857. The Hall–Kier alpha value is -0.460. The van der Waals surface area contributed by atoms with Crippen LogP contribution in [0.4, 0.5) is 0 Å². The molecule has 6 heteroatoms. The van der Waals surface area contributed by atoms with Crippen LogP contribution in [0.15, 0.2) is 0 Å². The van der Waals surface area contributed by atoms with Crippen LogP contribution in [-0.4, -0.2) is 30.5 Å². The normalized spacial score (nSPS) is 14.1. The minimum absolute atomic E-state index is 0.0877. The van der Waals surface area contributed by atoms with Gasteiger partial charge in [-0.15, -0.1) is 0 Å². The smallest absolute Gasteiger partial charge is 0.264 e. The Morgan fingerprint density at radius 1 is 1.46 bits per heavy atom. The van der Waals surface area contributed by atoms with Gasteiger partial charge in [0.05, 0.1) is 11.8 Å². The maximum atomic E-state index is 10.9. The summed E-state index contributed by atoms with van der Waals surface area (Å²) in [5.41, 5.74) is 5.29. The fourth-order valence-corrected chi connectivity index (χ4v) is 1.38. The number of rotatable bonds is 6. The summed E-state index contributed by atoms with van der Waals surface area (Å²) < 4.78 is 28.9. The largest absolute Gasteiger partial charge is 0.322 e. The Morgan fingerprint density at radius 3 is 2.38 bits per heavy atom. The minimum atomic E-state index is -3.88. The fourth-order valence-electron chi connectivity index (χ4n) is 0.811. The molecule has 0 aromatic rings. The van der Waals surface area contributed by atoms with Crippen LogP contribution in [0.3, 0.4) is 0 Å². The van der Waals surface area contributed by atoms with Crippen molar-refractivity contribution in [3.63, 3.8) is 0 Å². The van der Waals surface area contributed by atoms with E-state index in [0.717, 1.165) is 0 Å². The number of carbonyl (C=O) groups excluding carboxylic acids is 1. The van der Waals surface area contributed by atoms with E-state index < -0.39 is 16.2 Å². The van der Waals surface area contributed by atoms with Gasteiger partial charge in [-0.2, -0.15) is 8.42 Å². The summed E-state index contributed by atoms with van der Waals surface area (Å²) in [5, 5.41) is 0. The third kappa shape index (κ3) is 7.89. The molecule has 0 amide bonds. The summed E-state index contributed by atoms with van der Waals surface area (Å²) in [4.78, 5) is 10.9. The number of ketones is 1. The van der Waals surface area contributed by atoms with Gasteiger partial charge >= 0.3 is 0 Å². The lowest BCUT2D eigenvalue weighted by Crippen LogP contribution is -2.26. The van der Waals surface area contributed by atoms with Crippen molar-refractivity contribution in [1.82, 2.24) is 0 Å². The number of hydrogen-bond donors (Lipinski definition) is 2. The van der Waals surface area contributed by atoms with E-state index in [9.17, 15) is 13.2 Å². The first-order valence-electron chi connectivity index (χ1n) is 4.06. The van der Waals surface area contributed by atoms with Crippen LogP contribution in [0, 0.1) is 0 Å². The molecule has 0 fully saturated rings. The van der Waals surface area contributed by atoms with Crippen molar-refractivity contribution in [2.75, 3.05) is 5.75 Å². The van der Waals surface area contributed by atoms with Crippen molar-refractivity contribution >= 4 is 15.9 Å². The van der Waals surface area contributed by atoms with Crippen molar-refractivity contribution in [3.8, 4) is 0 Å². The monoisotopic (exact) mass is 209 g/mol. The van der Waals surface area contributed by atoms with Gasteiger partial charge in [0, 0.05) is 6.42 Å². The van der Waals surface area contributed by atoms with Gasteiger partial charge in [0.2, 0.25) is 0 Å². The maximum absolute atomic E-state index is 10.9. The average Bonchev–Trinajstić information content (AvgIpc) is 1.95. The molecule has 0 bridgehead atoms. The molecule has 0 aromatic heterocycles. The summed E-state index contributed by atoms with van der Waals surface area (Å²) >= 11 is 0. The van der Waals surface area contributed by atoms with E-state index in [0.29, 0.717) is 6.42 Å². The van der Waals surface area contributed by atoms with Crippen LogP contribution in [-0.2, 0) is 14.9 Å². The van der Waals surface area contributed by atoms with Gasteiger partial charge in [-0.05, 0) is 19.8 Å². The van der Waals surface area contributed by atoms with Crippen LogP contribution >= 0.6 is 0 Å². The topological polar surface area (TPSA) is 97.5 Å². The molecule has 0 radical (unpaired) electrons. The first-order valence-corrected chi connectivity index (χ1v) is 5.67. The molecule has 0 aliphatic carbocycles. The highest BCUT2D eigenvalue weighted by molar-refractivity contribution is 7.85. The van der Waals surface area contributed by atoms with Crippen molar-refractivity contribution in [1.29, 1.82) is 0 Å². The Kier molecular flexibility index (Phi) is 5.12. The molecule has 0 saturated heterocycles. The SMILES string of the molecule is C[C@@H](N)C(=O)CCCCS(=O)(=O)O. The maximum Gasteiger partial charge on any atom is 0.264 e. The Balaban J connectivity index is 3.53. The van der Waals surface area contributed by atoms with Crippen molar-refractivity contribution in [2.24, 2.45) is 5.73 Å². The number of hydrogen-bond acceptors (Lipinski definition) is 4. The van der Waals surface area contributed by atoms with Gasteiger partial charge in [0.25, 0.3) is 10.1 Å². The second-order valence-corrected chi connectivity index (χ2v) is 4.57. The number of unbranched alkanes of at least 4 members (excludes halogenated alkanes) is 1. The van der Waals surface area contributed by atoms with Crippen LogP contribution in [0.2, 0.25) is 0 Å². The van der Waals surface area contributed by atoms with Gasteiger partial charge in [-0.25, -0.2) is 0 Å². The summed E-state index contributed by atoms with van der Waals surface area (Å²) in [5.74, 6) is -0.380. The molecule has 5 nitrogen and oxygen atoms in total. The molecule has 3 N–H and O–H groups in total. The lowest BCUT2D eigenvalue weighted by molar-refractivity contribution is -0.120. The number of Topliss-reactive ketones (excluding diaryl/α,β-unsaturated/α-hetero) is 1. The summed E-state index contributed by atoms with van der Waals surface area (Å²) in [6, 6.07) is -0.495. The molecular formula is C7H15NO4S. The van der Waals surface area contributed by atoms with Crippen molar-refractivity contribution in [2.45, 2.75) is 32.2 Å². The lowest BCUT2D eigenvalue weighted by atomic mass is 10.1. The first-order chi connectivity index (χ1) is 5.83. The van der Waals surface area contributed by atoms with E-state index in [4.69, 9.17) is 10.3 Å². The van der Waals surface area contributed by atoms with Crippen LogP contribution in [0.5, 0.6) is 0 Å². The van der Waals surface area contributed by atoms with E-state index in [1.54, 1.807) is 6.92 Å². The molecule has 0 heterocycles. The zero-order valence-corrected chi connectivity index (χ0v) is 8.38. The van der Waals surface area contributed by atoms with Gasteiger partial charge < -0.3 is 5.73 Å². The Labute approximate surface area is 78.1 Å². The third-order valence-electron chi connectivity index (χ3n) is 1.58. The zero-order chi connectivity index (χ0) is 10.5. The van der Waals surface area contributed by atoms with Crippen LogP contribution < -0.4 is 5.73 Å². The number of carbonyl (C=O) groups is 1. The third-order valence-corrected chi connectivity index (χ3v) is 2.39. The average molecular weight is 209 g/mol. The summed E-state index contributed by atoms with van der Waals surface area (Å²) in [6.45, 7) is 1.59. The molecule has 78 valence electrons. The van der Waals surface area contributed by atoms with E-state index >= 15 is 0 Å². The predicted molar refractivity (Wildman–Crippen MR) is 48.9 cm³/mol. The van der Waals surface area contributed by atoms with Gasteiger partial charge in [-0.1, -0.05) is 0 Å². The molecule has 0 aliphatic heterocycles. The second-order valence-electron chi connectivity index (χ2n) is 3.00. The van der Waals surface area contributed by atoms with E-state index in [1.165, 1.54) is 0 Å². The van der Waals surface area contributed by atoms with Crippen LogP contribution in [0.25, 0.3) is 0 Å². The molecular weight excluding hydrogens is 194 g/mol. The van der Waals surface area contributed by atoms with Gasteiger partial charge in [-0.3, -0.25) is 9.35 Å². The zero-order valence-electron chi connectivity index (χ0n) is 7.56. The lowest BCUT2D eigenvalue weighted by Gasteiger charge is -2.02. The van der Waals surface area contributed by atoms with E-state index in [2.05, 4.69) is 0 Å². The summed E-state index contributed by atoms with van der Waals surface area (Å²) in [6.07, 6.45) is 1.00. The molecule has 0 spiro atoms. The van der Waals surface area contributed by atoms with Gasteiger partial charge in [0.15, 0.2) is 0 Å². The van der Waals surface area contributed by atoms with E-state index in [1.807, 2.05) is 0 Å². The molecule has 1 atom stereocenters. The predicted octanol–water partition coefficient (Wildman–Crippen LogP) is -0.0392. The van der Waals surface area contributed by atoms with E-state index in [-0.39, 0.29) is 24.4 Å². The first kappa shape index (κ1) is 12.5. The molecule has 0 rings (SSSR count). The Bertz CT molecular complexity index is 258. The quantitative estimate of drug-likeness (QED) is 0.472. The highest BCUT2D eigenvalue weighted by atomic mass is 32.2. The molecule has 0 saturated carbocycles. The number of nitrogens with two attached hydrogens (primary N) is 1.